The number of nitrogens with zero attached hydrogens (tertiary/aromatic N) is 1. The minimum Gasteiger partial charge on any atom is -0.497 e. The van der Waals surface area contributed by atoms with Crippen LogP contribution in [0.25, 0.3) is 0 Å². The van der Waals surface area contributed by atoms with Crippen molar-refractivity contribution in [1.29, 1.82) is 0 Å². The highest BCUT2D eigenvalue weighted by molar-refractivity contribution is 6.04. The fourth-order valence-electron chi connectivity index (χ4n) is 3.74. The lowest BCUT2D eigenvalue weighted by molar-refractivity contribution is -0.139. The molecule has 8 nitrogen and oxygen atoms in total. The summed E-state index contributed by atoms with van der Waals surface area (Å²) in [6.45, 7) is 6.17. The predicted octanol–water partition coefficient (Wildman–Crippen LogP) is 4.26. The number of carbonyl (C=O) groups excluding carboxylic acids is 3. The molecule has 0 radical (unpaired) electrons. The maximum atomic E-state index is 12.8. The van der Waals surface area contributed by atoms with Crippen LogP contribution in [-0.2, 0) is 9.53 Å². The second-order valence-corrected chi connectivity index (χ2v) is 7.56. The standard InChI is InChI=1S/C25H29N3O5/c1-5-14-28-16(3)21(24(30)33-6-2)22(27-25(28)31)18-8-7-9-19(15-18)26-23(29)17-10-12-20(32-4)13-11-17/h7-13,15,22H,5-6,14H2,1-4H3,(H,26,29)(H,27,31). The third-order valence-corrected chi connectivity index (χ3v) is 5.37. The van der Waals surface area contributed by atoms with Crippen molar-refractivity contribution in [2.75, 3.05) is 25.6 Å². The molecule has 1 unspecified atom stereocenters. The fraction of sp³-hybridized carbons (Fsp3) is 0.320. The van der Waals surface area contributed by atoms with E-state index in [1.54, 1.807) is 74.4 Å². The minimum absolute atomic E-state index is 0.224. The zero-order chi connectivity index (χ0) is 24.0. The Labute approximate surface area is 193 Å². The summed E-state index contributed by atoms with van der Waals surface area (Å²) < 4.78 is 10.4. The van der Waals surface area contributed by atoms with Crippen molar-refractivity contribution in [2.45, 2.75) is 33.2 Å². The Balaban J connectivity index is 1.91. The molecule has 33 heavy (non-hydrogen) atoms. The molecule has 1 heterocycles. The molecule has 0 aliphatic carbocycles. The van der Waals surface area contributed by atoms with Crippen LogP contribution in [0, 0.1) is 0 Å². The molecular weight excluding hydrogens is 422 g/mol. The Hall–Kier alpha value is -3.81. The normalized spacial score (nSPS) is 15.7. The van der Waals surface area contributed by atoms with Gasteiger partial charge in [-0.2, -0.15) is 0 Å². The SMILES string of the molecule is CCCN1C(=O)NC(c2cccc(NC(=O)c3ccc(OC)cc3)c2)C(C(=O)OCC)=C1C. The molecule has 2 aromatic rings. The van der Waals surface area contributed by atoms with Crippen molar-refractivity contribution in [3.63, 3.8) is 0 Å². The van der Waals surface area contributed by atoms with Gasteiger partial charge in [-0.15, -0.1) is 0 Å². The van der Waals surface area contributed by atoms with E-state index < -0.39 is 12.0 Å². The molecule has 1 aliphatic rings. The number of esters is 1. The van der Waals surface area contributed by atoms with Gasteiger partial charge >= 0.3 is 12.0 Å². The van der Waals surface area contributed by atoms with Gasteiger partial charge in [-0.25, -0.2) is 9.59 Å². The average Bonchev–Trinajstić information content (AvgIpc) is 2.81. The summed E-state index contributed by atoms with van der Waals surface area (Å²) in [4.78, 5) is 39.8. The van der Waals surface area contributed by atoms with Crippen LogP contribution >= 0.6 is 0 Å². The van der Waals surface area contributed by atoms with Crippen molar-refractivity contribution in [2.24, 2.45) is 0 Å². The number of allylic oxidation sites excluding steroid dienone is 1. The second-order valence-electron chi connectivity index (χ2n) is 7.56. The highest BCUT2D eigenvalue weighted by Crippen LogP contribution is 2.32. The molecule has 3 amide bonds. The van der Waals surface area contributed by atoms with E-state index in [0.717, 1.165) is 6.42 Å². The molecular formula is C25H29N3O5. The summed E-state index contributed by atoms with van der Waals surface area (Å²) in [5.74, 6) is -0.102. The lowest BCUT2D eigenvalue weighted by atomic mass is 9.94. The van der Waals surface area contributed by atoms with Gasteiger partial charge in [0.05, 0.1) is 25.3 Å². The van der Waals surface area contributed by atoms with Crippen LogP contribution < -0.4 is 15.4 Å². The van der Waals surface area contributed by atoms with E-state index in [-0.39, 0.29) is 18.5 Å². The van der Waals surface area contributed by atoms with Crippen molar-refractivity contribution in [3.8, 4) is 5.75 Å². The number of carbonyl (C=O) groups is 3. The van der Waals surface area contributed by atoms with Gasteiger partial charge in [0.15, 0.2) is 0 Å². The zero-order valence-corrected chi connectivity index (χ0v) is 19.3. The Morgan fingerprint density at radius 2 is 1.85 bits per heavy atom. The zero-order valence-electron chi connectivity index (χ0n) is 19.3. The smallest absolute Gasteiger partial charge is 0.338 e. The number of urea groups is 1. The fourth-order valence-corrected chi connectivity index (χ4v) is 3.74. The van der Waals surface area contributed by atoms with Gasteiger partial charge in [-0.05, 0) is 62.2 Å². The topological polar surface area (TPSA) is 97.0 Å². The third-order valence-electron chi connectivity index (χ3n) is 5.37. The largest absolute Gasteiger partial charge is 0.497 e. The highest BCUT2D eigenvalue weighted by atomic mass is 16.5. The van der Waals surface area contributed by atoms with Crippen LogP contribution in [0.15, 0.2) is 59.8 Å². The van der Waals surface area contributed by atoms with Gasteiger partial charge < -0.3 is 20.1 Å². The van der Waals surface area contributed by atoms with E-state index >= 15 is 0 Å². The number of amides is 3. The molecule has 0 aromatic heterocycles. The lowest BCUT2D eigenvalue weighted by Gasteiger charge is -2.35. The number of hydrogen-bond donors (Lipinski definition) is 2. The van der Waals surface area contributed by atoms with Crippen molar-refractivity contribution < 1.29 is 23.9 Å². The number of hydrogen-bond acceptors (Lipinski definition) is 5. The number of rotatable bonds is 8. The number of ether oxygens (including phenoxy) is 2. The molecule has 8 heteroatoms. The molecule has 2 aromatic carbocycles. The number of nitrogens with one attached hydrogen (secondary N) is 2. The highest BCUT2D eigenvalue weighted by Gasteiger charge is 2.36. The number of benzene rings is 2. The van der Waals surface area contributed by atoms with Gasteiger partial charge in [0.2, 0.25) is 0 Å². The van der Waals surface area contributed by atoms with Crippen molar-refractivity contribution in [3.05, 3.63) is 70.9 Å². The molecule has 0 fully saturated rings. The van der Waals surface area contributed by atoms with Gasteiger partial charge in [-0.1, -0.05) is 19.1 Å². The average molecular weight is 452 g/mol. The Morgan fingerprint density at radius 1 is 1.12 bits per heavy atom. The van der Waals surface area contributed by atoms with Crippen LogP contribution in [0.2, 0.25) is 0 Å². The molecule has 174 valence electrons. The maximum absolute atomic E-state index is 12.8. The van der Waals surface area contributed by atoms with Gasteiger partial charge in [0, 0.05) is 23.5 Å². The number of anilines is 1. The molecule has 0 saturated heterocycles. The Bertz CT molecular complexity index is 1060. The molecule has 1 aliphatic heterocycles. The maximum Gasteiger partial charge on any atom is 0.338 e. The van der Waals surface area contributed by atoms with Crippen LogP contribution in [0.3, 0.4) is 0 Å². The summed E-state index contributed by atoms with van der Waals surface area (Å²) in [6.07, 6.45) is 0.748. The first kappa shape index (κ1) is 23.8. The van der Waals surface area contributed by atoms with Crippen LogP contribution in [0.5, 0.6) is 5.75 Å². The summed E-state index contributed by atoms with van der Waals surface area (Å²) in [6, 6.07) is 12.9. The van der Waals surface area contributed by atoms with Crippen LogP contribution in [0.4, 0.5) is 10.5 Å². The quantitative estimate of drug-likeness (QED) is 0.585. The predicted molar refractivity (Wildman–Crippen MR) is 125 cm³/mol. The first-order chi connectivity index (χ1) is 15.9. The summed E-state index contributed by atoms with van der Waals surface area (Å²) >= 11 is 0. The Morgan fingerprint density at radius 3 is 2.48 bits per heavy atom. The van der Waals surface area contributed by atoms with E-state index in [9.17, 15) is 14.4 Å². The summed E-state index contributed by atoms with van der Waals surface area (Å²) in [5.41, 5.74) is 2.62. The lowest BCUT2D eigenvalue weighted by Crippen LogP contribution is -2.48. The van der Waals surface area contributed by atoms with Crippen LogP contribution in [0.1, 0.15) is 49.2 Å². The summed E-state index contributed by atoms with van der Waals surface area (Å²) in [5, 5.41) is 5.77. The molecule has 1 atom stereocenters. The van der Waals surface area contributed by atoms with Crippen LogP contribution in [-0.4, -0.2) is 43.1 Å². The molecule has 0 bridgehead atoms. The van der Waals surface area contributed by atoms with E-state index in [2.05, 4.69) is 10.6 Å². The minimum atomic E-state index is -0.692. The summed E-state index contributed by atoms with van der Waals surface area (Å²) in [7, 11) is 1.56. The second kappa shape index (κ2) is 10.7. The molecule has 0 saturated carbocycles. The molecule has 2 N–H and O–H groups in total. The monoisotopic (exact) mass is 451 g/mol. The van der Waals surface area contributed by atoms with E-state index in [0.29, 0.717) is 40.4 Å². The van der Waals surface area contributed by atoms with E-state index in [4.69, 9.17) is 9.47 Å². The van der Waals surface area contributed by atoms with Crippen molar-refractivity contribution >= 4 is 23.6 Å². The van der Waals surface area contributed by atoms with E-state index in [1.165, 1.54) is 0 Å². The third kappa shape index (κ3) is 5.34. The number of methoxy groups -OCH3 is 1. The van der Waals surface area contributed by atoms with E-state index in [1.807, 2.05) is 6.92 Å². The molecule has 3 rings (SSSR count). The Kier molecular flexibility index (Phi) is 7.71. The van der Waals surface area contributed by atoms with Gasteiger partial charge in [0.25, 0.3) is 5.91 Å². The first-order valence-electron chi connectivity index (χ1n) is 10.9. The van der Waals surface area contributed by atoms with Crippen molar-refractivity contribution in [1.82, 2.24) is 10.2 Å². The van der Waals surface area contributed by atoms with Gasteiger partial charge in [0.1, 0.15) is 5.75 Å². The molecule has 0 spiro atoms. The van der Waals surface area contributed by atoms with Gasteiger partial charge in [-0.3, -0.25) is 9.69 Å². The first-order valence-corrected chi connectivity index (χ1v) is 10.9.